The van der Waals surface area contributed by atoms with Crippen molar-refractivity contribution in [3.05, 3.63) is 35.4 Å². The van der Waals surface area contributed by atoms with E-state index in [1.165, 1.54) is 12.8 Å². The summed E-state index contributed by atoms with van der Waals surface area (Å²) >= 11 is 0. The largest absolute Gasteiger partial charge is 0.370 e. The summed E-state index contributed by atoms with van der Waals surface area (Å²) in [5, 5.41) is 0. The molecular formula is C18H28N4O. The maximum absolute atomic E-state index is 12.0. The van der Waals surface area contributed by atoms with E-state index in [9.17, 15) is 4.79 Å². The number of amides is 1. The predicted molar refractivity (Wildman–Crippen MR) is 94.6 cm³/mol. The first-order chi connectivity index (χ1) is 11.0. The van der Waals surface area contributed by atoms with E-state index in [1.54, 1.807) is 19.0 Å². The van der Waals surface area contributed by atoms with Gasteiger partial charge in [-0.25, -0.2) is 0 Å². The number of aliphatic imine (C=N–C) groups is 1. The molecule has 0 radical (unpaired) electrons. The number of hydrogen-bond acceptors (Lipinski definition) is 2. The highest BCUT2D eigenvalue weighted by molar-refractivity contribution is 5.94. The molecule has 1 aromatic carbocycles. The maximum Gasteiger partial charge on any atom is 0.253 e. The van der Waals surface area contributed by atoms with Gasteiger partial charge in [0.05, 0.1) is 0 Å². The molecule has 0 atom stereocenters. The number of piperidine rings is 1. The second-order valence-corrected chi connectivity index (χ2v) is 6.56. The topological polar surface area (TPSA) is 61.9 Å². The molecular weight excluding hydrogens is 288 g/mol. The summed E-state index contributed by atoms with van der Waals surface area (Å²) in [6.45, 7) is 4.94. The molecule has 1 saturated heterocycles. The van der Waals surface area contributed by atoms with E-state index in [1.807, 2.05) is 24.3 Å². The second kappa shape index (κ2) is 7.99. The van der Waals surface area contributed by atoms with Crippen LogP contribution in [-0.4, -0.2) is 55.4 Å². The lowest BCUT2D eigenvalue weighted by molar-refractivity contribution is 0.0827. The first-order valence-corrected chi connectivity index (χ1v) is 8.33. The van der Waals surface area contributed by atoms with E-state index in [4.69, 9.17) is 5.73 Å². The predicted octanol–water partition coefficient (Wildman–Crippen LogP) is 1.98. The highest BCUT2D eigenvalue weighted by Crippen LogP contribution is 2.15. The van der Waals surface area contributed by atoms with Gasteiger partial charge in [0.1, 0.15) is 0 Å². The Bertz CT molecular complexity index is 560. The summed E-state index contributed by atoms with van der Waals surface area (Å²) in [6.07, 6.45) is 3.16. The van der Waals surface area contributed by atoms with Crippen LogP contribution in [-0.2, 0) is 6.42 Å². The lowest BCUT2D eigenvalue weighted by atomic mass is 10.00. The van der Waals surface area contributed by atoms with Gasteiger partial charge >= 0.3 is 0 Å². The van der Waals surface area contributed by atoms with Crippen molar-refractivity contribution in [3.8, 4) is 0 Å². The molecule has 0 unspecified atom stereocenters. The molecule has 1 aromatic rings. The van der Waals surface area contributed by atoms with E-state index in [0.29, 0.717) is 12.5 Å². The van der Waals surface area contributed by atoms with Gasteiger partial charge in [0.2, 0.25) is 0 Å². The van der Waals surface area contributed by atoms with E-state index >= 15 is 0 Å². The van der Waals surface area contributed by atoms with E-state index in [2.05, 4.69) is 16.8 Å². The van der Waals surface area contributed by atoms with Crippen LogP contribution < -0.4 is 5.73 Å². The molecule has 0 spiro atoms. The highest BCUT2D eigenvalue weighted by Gasteiger charge is 2.16. The van der Waals surface area contributed by atoms with Gasteiger partial charge in [0, 0.05) is 39.3 Å². The van der Waals surface area contributed by atoms with E-state index < -0.39 is 0 Å². The highest BCUT2D eigenvalue weighted by atomic mass is 16.2. The number of hydrogen-bond donors (Lipinski definition) is 1. The molecule has 126 valence electrons. The molecule has 0 aromatic heterocycles. The molecule has 0 saturated carbocycles. The third-order valence-corrected chi connectivity index (χ3v) is 4.36. The molecule has 2 N–H and O–H groups in total. The van der Waals surface area contributed by atoms with Crippen molar-refractivity contribution in [2.24, 2.45) is 16.6 Å². The van der Waals surface area contributed by atoms with Crippen LogP contribution in [0.3, 0.4) is 0 Å². The van der Waals surface area contributed by atoms with Crippen molar-refractivity contribution in [2.45, 2.75) is 26.2 Å². The molecule has 2 rings (SSSR count). The van der Waals surface area contributed by atoms with Crippen molar-refractivity contribution in [1.29, 1.82) is 0 Å². The fourth-order valence-electron chi connectivity index (χ4n) is 2.76. The van der Waals surface area contributed by atoms with Gasteiger partial charge < -0.3 is 15.5 Å². The Kier molecular flexibility index (Phi) is 6.02. The quantitative estimate of drug-likeness (QED) is 0.682. The lowest BCUT2D eigenvalue weighted by Crippen LogP contribution is -2.42. The van der Waals surface area contributed by atoms with Crippen molar-refractivity contribution >= 4 is 11.9 Å². The Labute approximate surface area is 139 Å². The number of nitrogens with two attached hydrogens (primary N) is 1. The molecule has 23 heavy (non-hydrogen) atoms. The van der Waals surface area contributed by atoms with Crippen molar-refractivity contribution < 1.29 is 4.79 Å². The maximum atomic E-state index is 12.0. The Morgan fingerprint density at radius 1 is 1.35 bits per heavy atom. The lowest BCUT2D eigenvalue weighted by Gasteiger charge is -2.31. The van der Waals surface area contributed by atoms with Gasteiger partial charge in [-0.3, -0.25) is 9.79 Å². The number of carbonyl (C=O) groups is 1. The van der Waals surface area contributed by atoms with E-state index in [-0.39, 0.29) is 5.91 Å². The number of guanidine groups is 1. The van der Waals surface area contributed by atoms with Crippen molar-refractivity contribution in [3.63, 3.8) is 0 Å². The molecule has 5 heteroatoms. The van der Waals surface area contributed by atoms with Crippen LogP contribution in [0.4, 0.5) is 0 Å². The van der Waals surface area contributed by atoms with Crippen LogP contribution in [0.15, 0.2) is 29.3 Å². The molecule has 1 fully saturated rings. The average Bonchev–Trinajstić information content (AvgIpc) is 2.55. The number of rotatable bonds is 4. The van der Waals surface area contributed by atoms with Gasteiger partial charge in [-0.05, 0) is 42.9 Å². The summed E-state index contributed by atoms with van der Waals surface area (Å²) in [4.78, 5) is 20.2. The summed E-state index contributed by atoms with van der Waals surface area (Å²) in [5.74, 6) is 1.46. The molecule has 1 amide bonds. The van der Waals surface area contributed by atoms with Crippen LogP contribution >= 0.6 is 0 Å². The zero-order valence-electron chi connectivity index (χ0n) is 14.5. The smallest absolute Gasteiger partial charge is 0.253 e. The first-order valence-electron chi connectivity index (χ1n) is 8.33. The molecule has 5 nitrogen and oxygen atoms in total. The van der Waals surface area contributed by atoms with Crippen molar-refractivity contribution in [1.82, 2.24) is 9.80 Å². The zero-order valence-corrected chi connectivity index (χ0v) is 14.5. The van der Waals surface area contributed by atoms with Gasteiger partial charge in [-0.15, -0.1) is 0 Å². The Morgan fingerprint density at radius 3 is 2.70 bits per heavy atom. The summed E-state index contributed by atoms with van der Waals surface area (Å²) in [7, 11) is 3.53. The van der Waals surface area contributed by atoms with Crippen LogP contribution in [0.2, 0.25) is 0 Å². The Hall–Kier alpha value is -2.04. The SMILES string of the molecule is CC1CCN(C(N)=NCCc2cccc(C(=O)N(C)C)c2)CC1. The number of nitrogens with zero attached hydrogens (tertiary/aromatic N) is 3. The zero-order chi connectivity index (χ0) is 16.8. The molecule has 1 aliphatic heterocycles. The fourth-order valence-corrected chi connectivity index (χ4v) is 2.76. The summed E-state index contributed by atoms with van der Waals surface area (Å²) in [5.41, 5.74) is 7.92. The normalized spacial score (nSPS) is 16.5. The van der Waals surface area contributed by atoms with Crippen molar-refractivity contribution in [2.75, 3.05) is 33.7 Å². The van der Waals surface area contributed by atoms with Crippen LogP contribution in [0, 0.1) is 5.92 Å². The second-order valence-electron chi connectivity index (χ2n) is 6.56. The third kappa shape index (κ3) is 4.98. The molecule has 0 aliphatic carbocycles. The van der Waals surface area contributed by atoms with Gasteiger partial charge in [-0.2, -0.15) is 0 Å². The third-order valence-electron chi connectivity index (χ3n) is 4.36. The monoisotopic (exact) mass is 316 g/mol. The molecule has 1 aliphatic rings. The number of likely N-dealkylation sites (tertiary alicyclic amines) is 1. The first kappa shape index (κ1) is 17.3. The average molecular weight is 316 g/mol. The van der Waals surface area contributed by atoms with Crippen LogP contribution in [0.1, 0.15) is 35.7 Å². The number of carbonyl (C=O) groups excluding carboxylic acids is 1. The van der Waals surface area contributed by atoms with E-state index in [0.717, 1.165) is 36.6 Å². The fraction of sp³-hybridized carbons (Fsp3) is 0.556. The van der Waals surface area contributed by atoms with Gasteiger partial charge in [0.15, 0.2) is 5.96 Å². The van der Waals surface area contributed by atoms with Gasteiger partial charge in [0.25, 0.3) is 5.91 Å². The van der Waals surface area contributed by atoms with Crippen LogP contribution in [0.5, 0.6) is 0 Å². The Balaban J connectivity index is 1.89. The summed E-state index contributed by atoms with van der Waals surface area (Å²) < 4.78 is 0. The number of benzene rings is 1. The summed E-state index contributed by atoms with van der Waals surface area (Å²) in [6, 6.07) is 7.74. The van der Waals surface area contributed by atoms with Gasteiger partial charge in [-0.1, -0.05) is 19.1 Å². The minimum atomic E-state index is 0.0253. The van der Waals surface area contributed by atoms with Crippen LogP contribution in [0.25, 0.3) is 0 Å². The molecule has 0 bridgehead atoms. The Morgan fingerprint density at radius 2 is 2.04 bits per heavy atom. The molecule has 1 heterocycles. The standard InChI is InChI=1S/C18H28N4O/c1-14-8-11-22(12-9-14)18(19)20-10-7-15-5-4-6-16(13-15)17(23)21(2)3/h4-6,13-14H,7-12H2,1-3H3,(H2,19,20). The minimum absolute atomic E-state index is 0.0253. The minimum Gasteiger partial charge on any atom is -0.370 e.